The van der Waals surface area contributed by atoms with Crippen molar-refractivity contribution in [2.75, 3.05) is 5.32 Å². The topological polar surface area (TPSA) is 79.8 Å². The summed E-state index contributed by atoms with van der Waals surface area (Å²) in [5, 5.41) is 6.40. The molecule has 1 aromatic carbocycles. The quantitative estimate of drug-likeness (QED) is 0.746. The van der Waals surface area contributed by atoms with Crippen LogP contribution in [0.25, 0.3) is 0 Å². The molecule has 2 heterocycles. The van der Waals surface area contributed by atoms with Crippen molar-refractivity contribution in [3.8, 4) is 0 Å². The van der Waals surface area contributed by atoms with Gasteiger partial charge in [-0.05, 0) is 23.8 Å². The van der Waals surface area contributed by atoms with Gasteiger partial charge in [0.05, 0.1) is 23.1 Å². The Labute approximate surface area is 143 Å². The number of hydrogen-bond donors (Lipinski definition) is 2. The average molecular weight is 340 g/mol. The molecule has 120 valence electrons. The van der Waals surface area contributed by atoms with E-state index < -0.39 is 0 Å². The van der Waals surface area contributed by atoms with Crippen LogP contribution < -0.4 is 10.6 Å². The fraction of sp³-hybridized carbons (Fsp3) is 0.0588. The lowest BCUT2D eigenvalue weighted by molar-refractivity contribution is 0.0945. The van der Waals surface area contributed by atoms with Crippen LogP contribution >= 0.6 is 11.6 Å². The number of pyridine rings is 1. The molecule has 3 rings (SSSR count). The van der Waals surface area contributed by atoms with E-state index in [0.29, 0.717) is 17.4 Å². The zero-order chi connectivity index (χ0) is 16.8. The zero-order valence-corrected chi connectivity index (χ0v) is 13.4. The molecule has 0 bridgehead atoms. The SMILES string of the molecule is O=C(NCc1cccnc1)c1cnc(Nc2ccccc2Cl)cn1. The number of aromatic nitrogens is 3. The molecular weight excluding hydrogens is 326 g/mol. The third kappa shape index (κ3) is 4.05. The molecule has 24 heavy (non-hydrogen) atoms. The van der Waals surface area contributed by atoms with E-state index in [9.17, 15) is 4.79 Å². The van der Waals surface area contributed by atoms with E-state index >= 15 is 0 Å². The Morgan fingerprint density at radius 3 is 2.62 bits per heavy atom. The Hall–Kier alpha value is -2.99. The number of nitrogens with one attached hydrogen (secondary N) is 2. The van der Waals surface area contributed by atoms with Crippen LogP contribution in [0.3, 0.4) is 0 Å². The maximum atomic E-state index is 12.1. The van der Waals surface area contributed by atoms with Gasteiger partial charge in [0, 0.05) is 18.9 Å². The van der Waals surface area contributed by atoms with Crippen LogP contribution in [0.5, 0.6) is 0 Å². The minimum Gasteiger partial charge on any atom is -0.347 e. The first-order valence-corrected chi connectivity index (χ1v) is 7.61. The number of amides is 1. The lowest BCUT2D eigenvalue weighted by atomic mass is 10.3. The first-order chi connectivity index (χ1) is 11.7. The summed E-state index contributed by atoms with van der Waals surface area (Å²) in [5.74, 6) is 0.211. The fourth-order valence-electron chi connectivity index (χ4n) is 1.99. The predicted octanol–water partition coefficient (Wildman–Crippen LogP) is 3.20. The Bertz CT molecular complexity index is 824. The number of benzene rings is 1. The van der Waals surface area contributed by atoms with E-state index in [1.807, 2.05) is 30.3 Å². The molecule has 0 spiro atoms. The van der Waals surface area contributed by atoms with E-state index in [0.717, 1.165) is 11.3 Å². The second-order valence-corrected chi connectivity index (χ2v) is 5.34. The van der Waals surface area contributed by atoms with Gasteiger partial charge in [-0.25, -0.2) is 9.97 Å². The predicted molar refractivity (Wildman–Crippen MR) is 92.2 cm³/mol. The van der Waals surface area contributed by atoms with Crippen LogP contribution in [-0.2, 0) is 6.54 Å². The molecule has 0 unspecified atom stereocenters. The summed E-state index contributed by atoms with van der Waals surface area (Å²) in [7, 11) is 0. The largest absolute Gasteiger partial charge is 0.347 e. The summed E-state index contributed by atoms with van der Waals surface area (Å²) >= 11 is 6.08. The first-order valence-electron chi connectivity index (χ1n) is 7.23. The number of rotatable bonds is 5. The molecule has 0 atom stereocenters. The molecule has 0 radical (unpaired) electrons. The molecule has 2 N–H and O–H groups in total. The van der Waals surface area contributed by atoms with Gasteiger partial charge in [-0.1, -0.05) is 29.8 Å². The lowest BCUT2D eigenvalue weighted by Crippen LogP contribution is -2.24. The van der Waals surface area contributed by atoms with Gasteiger partial charge in [0.15, 0.2) is 0 Å². The highest BCUT2D eigenvalue weighted by atomic mass is 35.5. The van der Waals surface area contributed by atoms with Gasteiger partial charge in [0.2, 0.25) is 0 Å². The summed E-state index contributed by atoms with van der Waals surface area (Å²) in [5.41, 5.74) is 1.88. The van der Waals surface area contributed by atoms with Crippen molar-refractivity contribution >= 4 is 29.0 Å². The molecule has 0 fully saturated rings. The summed E-state index contributed by atoms with van der Waals surface area (Å²) in [4.78, 5) is 24.4. The smallest absolute Gasteiger partial charge is 0.271 e. The minimum atomic E-state index is -0.296. The first kappa shape index (κ1) is 15.9. The van der Waals surface area contributed by atoms with Crippen LogP contribution in [0.2, 0.25) is 5.02 Å². The van der Waals surface area contributed by atoms with Gasteiger partial charge >= 0.3 is 0 Å². The Balaban J connectivity index is 1.61. The van der Waals surface area contributed by atoms with Crippen LogP contribution in [0.15, 0.2) is 61.2 Å². The van der Waals surface area contributed by atoms with Gasteiger partial charge in [-0.2, -0.15) is 0 Å². The van der Waals surface area contributed by atoms with Crippen molar-refractivity contribution in [2.24, 2.45) is 0 Å². The van der Waals surface area contributed by atoms with E-state index in [2.05, 4.69) is 25.6 Å². The number of hydrogen-bond acceptors (Lipinski definition) is 5. The van der Waals surface area contributed by atoms with E-state index in [4.69, 9.17) is 11.6 Å². The van der Waals surface area contributed by atoms with Crippen molar-refractivity contribution in [3.05, 3.63) is 77.5 Å². The standard InChI is InChI=1S/C17H14ClN5O/c18-13-5-1-2-6-14(13)23-16-11-20-15(10-21-16)17(24)22-9-12-4-3-7-19-8-12/h1-8,10-11H,9H2,(H,21,23)(H,22,24). The fourth-order valence-corrected chi connectivity index (χ4v) is 2.17. The Morgan fingerprint density at radius 1 is 1.04 bits per heavy atom. The van der Waals surface area contributed by atoms with E-state index in [1.165, 1.54) is 12.4 Å². The second-order valence-electron chi connectivity index (χ2n) is 4.94. The van der Waals surface area contributed by atoms with Gasteiger partial charge < -0.3 is 10.6 Å². The summed E-state index contributed by atoms with van der Waals surface area (Å²) in [6, 6.07) is 11.0. The van der Waals surface area contributed by atoms with Crippen molar-refractivity contribution in [2.45, 2.75) is 6.54 Å². The minimum absolute atomic E-state index is 0.239. The normalized spacial score (nSPS) is 10.2. The van der Waals surface area contributed by atoms with E-state index in [1.54, 1.807) is 18.5 Å². The van der Waals surface area contributed by atoms with Gasteiger partial charge in [0.25, 0.3) is 5.91 Å². The van der Waals surface area contributed by atoms with Crippen LogP contribution in [0, 0.1) is 0 Å². The summed E-state index contributed by atoms with van der Waals surface area (Å²) in [6.45, 7) is 0.383. The lowest BCUT2D eigenvalue weighted by Gasteiger charge is -2.08. The number of para-hydroxylation sites is 1. The molecular formula is C17H14ClN5O. The average Bonchev–Trinajstić information content (AvgIpc) is 2.63. The molecule has 0 aliphatic rings. The van der Waals surface area contributed by atoms with Gasteiger partial charge in [-0.15, -0.1) is 0 Å². The summed E-state index contributed by atoms with van der Waals surface area (Å²) < 4.78 is 0. The number of carbonyl (C=O) groups is 1. The maximum absolute atomic E-state index is 12.1. The molecule has 7 heteroatoms. The Kier molecular flexibility index (Phi) is 4.98. The molecule has 3 aromatic rings. The molecule has 2 aromatic heterocycles. The Morgan fingerprint density at radius 2 is 1.92 bits per heavy atom. The number of anilines is 2. The molecule has 0 aliphatic heterocycles. The maximum Gasteiger partial charge on any atom is 0.271 e. The van der Waals surface area contributed by atoms with Gasteiger partial charge in [0.1, 0.15) is 11.5 Å². The number of halogens is 1. The highest BCUT2D eigenvalue weighted by Gasteiger charge is 2.08. The monoisotopic (exact) mass is 339 g/mol. The third-order valence-corrected chi connectivity index (χ3v) is 3.53. The van der Waals surface area contributed by atoms with E-state index in [-0.39, 0.29) is 11.6 Å². The zero-order valence-electron chi connectivity index (χ0n) is 12.6. The second kappa shape index (κ2) is 7.52. The van der Waals surface area contributed by atoms with Crippen molar-refractivity contribution in [3.63, 3.8) is 0 Å². The molecule has 0 saturated carbocycles. The van der Waals surface area contributed by atoms with Crippen LogP contribution in [0.4, 0.5) is 11.5 Å². The van der Waals surface area contributed by atoms with Crippen molar-refractivity contribution < 1.29 is 4.79 Å². The molecule has 1 amide bonds. The van der Waals surface area contributed by atoms with Crippen LogP contribution in [-0.4, -0.2) is 20.9 Å². The molecule has 0 saturated heterocycles. The molecule has 0 aliphatic carbocycles. The highest BCUT2D eigenvalue weighted by Crippen LogP contribution is 2.23. The van der Waals surface area contributed by atoms with Crippen molar-refractivity contribution in [1.29, 1.82) is 0 Å². The summed E-state index contributed by atoms with van der Waals surface area (Å²) in [6.07, 6.45) is 6.28. The van der Waals surface area contributed by atoms with Crippen molar-refractivity contribution in [1.82, 2.24) is 20.3 Å². The molecule has 6 nitrogen and oxygen atoms in total. The van der Waals surface area contributed by atoms with Crippen LogP contribution in [0.1, 0.15) is 16.1 Å². The number of carbonyl (C=O) groups excluding carboxylic acids is 1. The van der Waals surface area contributed by atoms with Gasteiger partial charge in [-0.3, -0.25) is 9.78 Å². The third-order valence-electron chi connectivity index (χ3n) is 3.20. The highest BCUT2D eigenvalue weighted by molar-refractivity contribution is 6.33. The number of nitrogens with zero attached hydrogens (tertiary/aromatic N) is 3.